The Hall–Kier alpha value is -3.85. The van der Waals surface area contributed by atoms with Crippen LogP contribution in [-0.4, -0.2) is 50.4 Å². The Morgan fingerprint density at radius 3 is 2.20 bits per heavy atom. The Labute approximate surface area is 244 Å². The fourth-order valence-electron chi connectivity index (χ4n) is 4.48. The van der Waals surface area contributed by atoms with Gasteiger partial charge in [0.25, 0.3) is 10.0 Å². The van der Waals surface area contributed by atoms with E-state index < -0.39 is 34.1 Å². The van der Waals surface area contributed by atoms with Crippen molar-refractivity contribution < 1.29 is 22.7 Å². The summed E-state index contributed by atoms with van der Waals surface area (Å²) in [7, 11) is -2.66. The molecule has 0 aliphatic heterocycles. The molecule has 3 rings (SSSR count). The monoisotopic (exact) mass is 579 g/mol. The summed E-state index contributed by atoms with van der Waals surface area (Å²) in [5.41, 5.74) is 2.52. The molecule has 8 nitrogen and oxygen atoms in total. The molecule has 3 aromatic carbocycles. The fraction of sp³-hybridized carbons (Fsp3) is 0.375. The number of ether oxygens (including phenoxy) is 1. The number of methoxy groups -OCH3 is 1. The molecule has 2 amide bonds. The van der Waals surface area contributed by atoms with Crippen molar-refractivity contribution in [2.75, 3.05) is 18.0 Å². The summed E-state index contributed by atoms with van der Waals surface area (Å²) >= 11 is 0. The predicted molar refractivity (Wildman–Crippen MR) is 162 cm³/mol. The second-order valence-corrected chi connectivity index (χ2v) is 13.0. The maximum absolute atomic E-state index is 14.2. The lowest BCUT2D eigenvalue weighted by atomic mass is 10.0. The summed E-state index contributed by atoms with van der Waals surface area (Å²) in [5, 5.41) is 2.99. The maximum Gasteiger partial charge on any atom is 0.264 e. The van der Waals surface area contributed by atoms with Crippen LogP contribution in [0.15, 0.2) is 77.7 Å². The molecule has 0 aliphatic rings. The van der Waals surface area contributed by atoms with Crippen LogP contribution in [0.25, 0.3) is 0 Å². The first-order valence-corrected chi connectivity index (χ1v) is 15.1. The lowest BCUT2D eigenvalue weighted by molar-refractivity contribution is -0.141. The number of carbonyl (C=O) groups is 2. The minimum absolute atomic E-state index is 0.0571. The summed E-state index contributed by atoms with van der Waals surface area (Å²) in [6, 6.07) is 19.9. The van der Waals surface area contributed by atoms with Gasteiger partial charge in [0.2, 0.25) is 11.8 Å². The average molecular weight is 580 g/mol. The number of rotatable bonds is 11. The van der Waals surface area contributed by atoms with E-state index in [2.05, 4.69) is 5.32 Å². The van der Waals surface area contributed by atoms with Gasteiger partial charge < -0.3 is 15.0 Å². The van der Waals surface area contributed by atoms with Crippen molar-refractivity contribution in [3.05, 3.63) is 89.5 Å². The molecular formula is C32H41N3O5S. The Morgan fingerprint density at radius 2 is 1.61 bits per heavy atom. The van der Waals surface area contributed by atoms with Crippen LogP contribution in [0.5, 0.6) is 5.75 Å². The molecule has 0 aromatic heterocycles. The number of carbonyl (C=O) groups excluding carboxylic acids is 2. The number of hydrogen-bond acceptors (Lipinski definition) is 5. The minimum atomic E-state index is -4.16. The Kier molecular flexibility index (Phi) is 10.2. The summed E-state index contributed by atoms with van der Waals surface area (Å²) in [5.74, 6) is -0.342. The van der Waals surface area contributed by atoms with Gasteiger partial charge in [-0.2, -0.15) is 0 Å². The smallest absolute Gasteiger partial charge is 0.264 e. The third-order valence-corrected chi connectivity index (χ3v) is 8.50. The van der Waals surface area contributed by atoms with E-state index in [9.17, 15) is 18.0 Å². The third kappa shape index (κ3) is 8.10. The van der Waals surface area contributed by atoms with E-state index in [1.807, 2.05) is 65.8 Å². The van der Waals surface area contributed by atoms with Crippen molar-refractivity contribution in [1.82, 2.24) is 10.2 Å². The van der Waals surface area contributed by atoms with Gasteiger partial charge in [0.1, 0.15) is 18.3 Å². The van der Waals surface area contributed by atoms with Crippen LogP contribution in [0, 0.1) is 13.8 Å². The summed E-state index contributed by atoms with van der Waals surface area (Å²) in [6.45, 7) is 10.9. The molecule has 1 atom stereocenters. The SMILES string of the molecule is CCC(C(=O)NC(C)(C)C)N(Cc1ccccc1C)C(=O)CN(c1cccc(OC)c1)S(=O)(=O)c1ccc(C)cc1. The molecule has 0 radical (unpaired) electrons. The van der Waals surface area contributed by atoms with Gasteiger partial charge in [-0.15, -0.1) is 0 Å². The van der Waals surface area contributed by atoms with Crippen molar-refractivity contribution in [3.63, 3.8) is 0 Å². The van der Waals surface area contributed by atoms with E-state index in [1.165, 1.54) is 24.1 Å². The average Bonchev–Trinajstić information content (AvgIpc) is 2.91. The molecule has 9 heteroatoms. The molecule has 220 valence electrons. The Morgan fingerprint density at radius 1 is 0.951 bits per heavy atom. The van der Waals surface area contributed by atoms with Crippen LogP contribution >= 0.6 is 0 Å². The summed E-state index contributed by atoms with van der Waals surface area (Å²) < 4.78 is 34.5. The first kappa shape index (κ1) is 31.7. The largest absolute Gasteiger partial charge is 0.497 e. The number of nitrogens with one attached hydrogen (secondary N) is 1. The van der Waals surface area contributed by atoms with Gasteiger partial charge in [0.15, 0.2) is 0 Å². The van der Waals surface area contributed by atoms with Gasteiger partial charge >= 0.3 is 0 Å². The molecule has 0 fully saturated rings. The van der Waals surface area contributed by atoms with Crippen molar-refractivity contribution in [2.24, 2.45) is 0 Å². The number of aryl methyl sites for hydroxylation is 2. The second kappa shape index (κ2) is 13.2. The van der Waals surface area contributed by atoms with Crippen LogP contribution in [0.1, 0.15) is 50.8 Å². The van der Waals surface area contributed by atoms with Gasteiger partial charge in [-0.05, 0) is 76.4 Å². The van der Waals surface area contributed by atoms with Crippen LogP contribution in [0.4, 0.5) is 5.69 Å². The van der Waals surface area contributed by atoms with E-state index in [0.717, 1.165) is 21.0 Å². The summed E-state index contributed by atoms with van der Waals surface area (Å²) in [6.07, 6.45) is 0.351. The number of nitrogens with zero attached hydrogens (tertiary/aromatic N) is 2. The van der Waals surface area contributed by atoms with Crippen molar-refractivity contribution in [3.8, 4) is 5.75 Å². The van der Waals surface area contributed by atoms with E-state index >= 15 is 0 Å². The third-order valence-electron chi connectivity index (χ3n) is 6.72. The van der Waals surface area contributed by atoms with Crippen LogP contribution in [0.2, 0.25) is 0 Å². The normalized spacial score (nSPS) is 12.4. The van der Waals surface area contributed by atoms with E-state index in [0.29, 0.717) is 12.2 Å². The molecule has 0 spiro atoms. The van der Waals surface area contributed by atoms with Gasteiger partial charge in [0.05, 0.1) is 17.7 Å². The lowest BCUT2D eigenvalue weighted by Crippen LogP contribution is -2.55. The van der Waals surface area contributed by atoms with E-state index in [-0.39, 0.29) is 23.0 Å². The van der Waals surface area contributed by atoms with Crippen molar-refractivity contribution in [1.29, 1.82) is 0 Å². The van der Waals surface area contributed by atoms with E-state index in [4.69, 9.17) is 4.74 Å². The van der Waals surface area contributed by atoms with Gasteiger partial charge in [-0.3, -0.25) is 13.9 Å². The molecule has 1 N–H and O–H groups in total. The van der Waals surface area contributed by atoms with Crippen LogP contribution in [-0.2, 0) is 26.2 Å². The quantitative estimate of drug-likeness (QED) is 0.336. The molecule has 0 saturated carbocycles. The van der Waals surface area contributed by atoms with Crippen LogP contribution < -0.4 is 14.4 Å². The molecule has 0 heterocycles. The first-order valence-electron chi connectivity index (χ1n) is 13.7. The summed E-state index contributed by atoms with van der Waals surface area (Å²) in [4.78, 5) is 29.2. The number of sulfonamides is 1. The van der Waals surface area contributed by atoms with Crippen LogP contribution in [0.3, 0.4) is 0 Å². The number of amides is 2. The fourth-order valence-corrected chi connectivity index (χ4v) is 5.88. The zero-order valence-corrected chi connectivity index (χ0v) is 25.8. The van der Waals surface area contributed by atoms with Gasteiger partial charge in [-0.1, -0.05) is 55.0 Å². The molecule has 0 aliphatic carbocycles. The minimum Gasteiger partial charge on any atom is -0.497 e. The van der Waals surface area contributed by atoms with E-state index in [1.54, 1.807) is 36.4 Å². The molecule has 0 saturated heterocycles. The second-order valence-electron chi connectivity index (χ2n) is 11.1. The molecule has 41 heavy (non-hydrogen) atoms. The zero-order valence-electron chi connectivity index (χ0n) is 25.0. The van der Waals surface area contributed by atoms with Gasteiger partial charge in [0, 0.05) is 18.2 Å². The molecule has 3 aromatic rings. The van der Waals surface area contributed by atoms with Crippen molar-refractivity contribution >= 4 is 27.5 Å². The predicted octanol–water partition coefficient (Wildman–Crippen LogP) is 5.23. The highest BCUT2D eigenvalue weighted by atomic mass is 32.2. The van der Waals surface area contributed by atoms with Gasteiger partial charge in [-0.25, -0.2) is 8.42 Å². The first-order chi connectivity index (χ1) is 19.3. The molecule has 0 bridgehead atoms. The number of benzene rings is 3. The molecule has 1 unspecified atom stereocenters. The Bertz CT molecular complexity index is 1460. The molecular weight excluding hydrogens is 538 g/mol. The lowest BCUT2D eigenvalue weighted by Gasteiger charge is -2.35. The standard InChI is InChI=1S/C32H41N3O5S/c1-8-29(31(37)33-32(4,5)6)34(21-25-13-10-9-12-24(25)3)30(36)22-35(26-14-11-15-27(20-26)40-7)41(38,39)28-18-16-23(2)17-19-28/h9-20,29H,8,21-22H2,1-7H3,(H,33,37). The van der Waals surface area contributed by atoms with Crippen molar-refractivity contribution in [2.45, 2.75) is 71.0 Å². The Balaban J connectivity index is 2.10. The number of anilines is 1. The highest BCUT2D eigenvalue weighted by molar-refractivity contribution is 7.92. The highest BCUT2D eigenvalue weighted by Crippen LogP contribution is 2.28. The maximum atomic E-state index is 14.2. The topological polar surface area (TPSA) is 96.0 Å². The number of hydrogen-bond donors (Lipinski definition) is 1. The zero-order chi connectivity index (χ0) is 30.4. The highest BCUT2D eigenvalue weighted by Gasteiger charge is 2.34.